The molecule has 1 saturated heterocycles. The summed E-state index contributed by atoms with van der Waals surface area (Å²) in [6.45, 7) is 6.89. The minimum absolute atomic E-state index is 0.123. The van der Waals surface area contributed by atoms with Gasteiger partial charge in [0.05, 0.1) is 5.60 Å². The molecule has 0 radical (unpaired) electrons. The number of hydrogen-bond acceptors (Lipinski definition) is 3. The number of carbonyl (C=O) groups excluding carboxylic acids is 1. The van der Waals surface area contributed by atoms with Gasteiger partial charge in [-0.15, -0.1) is 0 Å². The van der Waals surface area contributed by atoms with E-state index in [0.717, 1.165) is 19.6 Å². The Kier molecular flexibility index (Phi) is 4.62. The molecule has 1 amide bonds. The zero-order valence-electron chi connectivity index (χ0n) is 11.7. The van der Waals surface area contributed by atoms with Crippen LogP contribution in [0, 0.1) is 0 Å². The highest BCUT2D eigenvalue weighted by atomic mass is 16.5. The maximum absolute atomic E-state index is 12.2. The number of rotatable bonds is 5. The van der Waals surface area contributed by atoms with Gasteiger partial charge < -0.3 is 15.0 Å². The van der Waals surface area contributed by atoms with Gasteiger partial charge in [-0.2, -0.15) is 0 Å². The van der Waals surface area contributed by atoms with Crippen molar-refractivity contribution in [2.75, 3.05) is 26.2 Å². The lowest BCUT2D eigenvalue weighted by atomic mass is 9.94. The molecule has 0 aromatic carbocycles. The molecule has 18 heavy (non-hydrogen) atoms. The van der Waals surface area contributed by atoms with E-state index in [0.29, 0.717) is 6.04 Å². The smallest absolute Gasteiger partial charge is 0.248 e. The predicted molar refractivity (Wildman–Crippen MR) is 71.5 cm³/mol. The lowest BCUT2D eigenvalue weighted by Gasteiger charge is -2.40. The molecule has 4 heteroatoms. The van der Waals surface area contributed by atoms with Gasteiger partial charge in [0.15, 0.2) is 0 Å². The molecule has 0 bridgehead atoms. The van der Waals surface area contributed by atoms with Crippen molar-refractivity contribution in [3.05, 3.63) is 0 Å². The number of nitrogens with one attached hydrogen (secondary N) is 1. The third-order valence-corrected chi connectivity index (χ3v) is 4.22. The zero-order valence-corrected chi connectivity index (χ0v) is 11.7. The van der Waals surface area contributed by atoms with Crippen LogP contribution >= 0.6 is 0 Å². The fraction of sp³-hybridized carbons (Fsp3) is 0.929. The van der Waals surface area contributed by atoms with Crippen molar-refractivity contribution >= 4 is 5.91 Å². The second-order valence-electron chi connectivity index (χ2n) is 5.81. The van der Waals surface area contributed by atoms with Gasteiger partial charge in [-0.05, 0) is 26.7 Å². The zero-order chi connectivity index (χ0) is 13.0. The number of nitrogens with zero attached hydrogens (tertiary/aromatic N) is 1. The van der Waals surface area contributed by atoms with E-state index in [2.05, 4.69) is 19.2 Å². The Labute approximate surface area is 110 Å². The van der Waals surface area contributed by atoms with Crippen molar-refractivity contribution in [2.45, 2.75) is 57.6 Å². The number of likely N-dealkylation sites (N-methyl/N-ethyl adjacent to an activating group) is 1. The highest BCUT2D eigenvalue weighted by molar-refractivity contribution is 5.77. The molecule has 1 heterocycles. The van der Waals surface area contributed by atoms with E-state index in [-0.39, 0.29) is 18.1 Å². The second kappa shape index (κ2) is 6.02. The average molecular weight is 254 g/mol. The Morgan fingerprint density at radius 2 is 2.00 bits per heavy atom. The van der Waals surface area contributed by atoms with Gasteiger partial charge >= 0.3 is 0 Å². The lowest BCUT2D eigenvalue weighted by molar-refractivity contribution is -0.148. The normalized spacial score (nSPS) is 23.4. The molecule has 4 nitrogen and oxygen atoms in total. The highest BCUT2D eigenvalue weighted by Gasteiger charge is 2.34. The summed E-state index contributed by atoms with van der Waals surface area (Å²) in [5.41, 5.74) is -0.123. The molecule has 2 aliphatic rings. The molecule has 0 aromatic rings. The quantitative estimate of drug-likeness (QED) is 0.809. The Morgan fingerprint density at radius 3 is 2.50 bits per heavy atom. The van der Waals surface area contributed by atoms with Crippen molar-refractivity contribution in [1.82, 2.24) is 10.2 Å². The van der Waals surface area contributed by atoms with Gasteiger partial charge in [0, 0.05) is 25.7 Å². The first kappa shape index (κ1) is 13.8. The number of amides is 1. The predicted octanol–water partition coefficient (Wildman–Crippen LogP) is 1.55. The summed E-state index contributed by atoms with van der Waals surface area (Å²) in [5, 5.41) is 3.18. The van der Waals surface area contributed by atoms with Gasteiger partial charge in [0.1, 0.15) is 6.61 Å². The molecule has 0 atom stereocenters. The van der Waals surface area contributed by atoms with E-state index in [1.54, 1.807) is 0 Å². The summed E-state index contributed by atoms with van der Waals surface area (Å²) in [7, 11) is 0. The summed E-state index contributed by atoms with van der Waals surface area (Å²) in [6.07, 6.45) is 6.17. The van der Waals surface area contributed by atoms with E-state index >= 15 is 0 Å². The fourth-order valence-electron chi connectivity index (χ4n) is 2.93. The van der Waals surface area contributed by atoms with Crippen LogP contribution in [0.2, 0.25) is 0 Å². The molecule has 1 aliphatic carbocycles. The molecule has 1 N–H and O–H groups in total. The number of carbonyl (C=O) groups is 1. The Morgan fingerprint density at radius 1 is 1.33 bits per heavy atom. The van der Waals surface area contributed by atoms with Crippen molar-refractivity contribution in [1.29, 1.82) is 0 Å². The highest BCUT2D eigenvalue weighted by Crippen LogP contribution is 2.23. The van der Waals surface area contributed by atoms with Crippen LogP contribution in [0.3, 0.4) is 0 Å². The first-order chi connectivity index (χ1) is 8.64. The maximum Gasteiger partial charge on any atom is 0.248 e. The molecule has 0 aromatic heterocycles. The van der Waals surface area contributed by atoms with Crippen LogP contribution in [0.25, 0.3) is 0 Å². The van der Waals surface area contributed by atoms with Crippen LogP contribution in [-0.2, 0) is 9.53 Å². The van der Waals surface area contributed by atoms with Gasteiger partial charge in [0.2, 0.25) is 5.91 Å². The van der Waals surface area contributed by atoms with E-state index in [1.165, 1.54) is 32.1 Å². The Hall–Kier alpha value is -0.610. The first-order valence-corrected chi connectivity index (χ1v) is 7.29. The summed E-state index contributed by atoms with van der Waals surface area (Å²) < 4.78 is 5.75. The molecule has 2 fully saturated rings. The molecule has 104 valence electrons. The van der Waals surface area contributed by atoms with Gasteiger partial charge in [-0.1, -0.05) is 19.3 Å². The summed E-state index contributed by atoms with van der Waals surface area (Å²) in [4.78, 5) is 14.3. The largest absolute Gasteiger partial charge is 0.363 e. The molecule has 1 saturated carbocycles. The molecular weight excluding hydrogens is 228 g/mol. The van der Waals surface area contributed by atoms with Gasteiger partial charge in [0.25, 0.3) is 0 Å². The number of ether oxygens (including phenoxy) is 1. The minimum atomic E-state index is -0.123. The summed E-state index contributed by atoms with van der Waals surface area (Å²) in [5.74, 6) is 0.164. The van der Waals surface area contributed by atoms with E-state index < -0.39 is 0 Å². The Bertz CT molecular complexity index is 284. The van der Waals surface area contributed by atoms with Crippen LogP contribution in [0.5, 0.6) is 0 Å². The van der Waals surface area contributed by atoms with E-state index in [4.69, 9.17) is 4.74 Å². The van der Waals surface area contributed by atoms with Crippen molar-refractivity contribution in [3.8, 4) is 0 Å². The minimum Gasteiger partial charge on any atom is -0.363 e. The van der Waals surface area contributed by atoms with Crippen LogP contribution in [0.15, 0.2) is 0 Å². The summed E-state index contributed by atoms with van der Waals surface area (Å²) >= 11 is 0. The SMILES string of the molecule is CCN(C(=O)COC1(C)CNC1)C1CCCCC1. The van der Waals surface area contributed by atoms with Crippen molar-refractivity contribution in [3.63, 3.8) is 0 Å². The van der Waals surface area contributed by atoms with Crippen LogP contribution in [0.1, 0.15) is 46.0 Å². The van der Waals surface area contributed by atoms with Gasteiger partial charge in [-0.3, -0.25) is 4.79 Å². The summed E-state index contributed by atoms with van der Waals surface area (Å²) in [6, 6.07) is 0.451. The van der Waals surface area contributed by atoms with Crippen LogP contribution in [0.4, 0.5) is 0 Å². The molecular formula is C14H26N2O2. The number of hydrogen-bond donors (Lipinski definition) is 1. The standard InChI is InChI=1S/C14H26N2O2/c1-3-16(12-7-5-4-6-8-12)13(17)9-18-14(2)10-15-11-14/h12,15H,3-11H2,1-2H3. The van der Waals surface area contributed by atoms with E-state index in [9.17, 15) is 4.79 Å². The van der Waals surface area contributed by atoms with E-state index in [1.807, 2.05) is 4.90 Å². The third-order valence-electron chi connectivity index (χ3n) is 4.22. The van der Waals surface area contributed by atoms with Crippen molar-refractivity contribution in [2.24, 2.45) is 0 Å². The third kappa shape index (κ3) is 3.23. The lowest BCUT2D eigenvalue weighted by Crippen LogP contribution is -2.60. The molecule has 0 spiro atoms. The average Bonchev–Trinajstić information content (AvgIpc) is 2.36. The fourth-order valence-corrected chi connectivity index (χ4v) is 2.93. The van der Waals surface area contributed by atoms with Crippen molar-refractivity contribution < 1.29 is 9.53 Å². The topological polar surface area (TPSA) is 41.6 Å². The first-order valence-electron chi connectivity index (χ1n) is 7.29. The molecule has 1 aliphatic heterocycles. The molecule has 0 unspecified atom stereocenters. The Balaban J connectivity index is 1.80. The molecule has 2 rings (SSSR count). The second-order valence-corrected chi connectivity index (χ2v) is 5.81. The van der Waals surface area contributed by atoms with Crippen LogP contribution < -0.4 is 5.32 Å². The monoisotopic (exact) mass is 254 g/mol. The van der Waals surface area contributed by atoms with Crippen LogP contribution in [-0.4, -0.2) is 48.7 Å². The maximum atomic E-state index is 12.2. The van der Waals surface area contributed by atoms with Gasteiger partial charge in [-0.25, -0.2) is 0 Å².